The molecular formula is C14H19NO3S. The molecule has 0 spiro atoms. The first-order chi connectivity index (χ1) is 9.26. The molecule has 4 nitrogen and oxygen atoms in total. The number of esters is 1. The van der Waals surface area contributed by atoms with Crippen LogP contribution >= 0.6 is 11.3 Å². The summed E-state index contributed by atoms with van der Waals surface area (Å²) in [6.45, 7) is 2.28. The average molecular weight is 281 g/mol. The number of aromatic nitrogens is 1. The second-order valence-corrected chi connectivity index (χ2v) is 6.09. The Hall–Kier alpha value is -0.940. The SMILES string of the molecule is CCOC(=O)CCc1csc(C2CC3CCC2O3)n1. The van der Waals surface area contributed by atoms with Crippen molar-refractivity contribution < 1.29 is 14.3 Å². The van der Waals surface area contributed by atoms with Crippen LogP contribution in [0.1, 0.15) is 49.2 Å². The Morgan fingerprint density at radius 3 is 3.16 bits per heavy atom. The lowest BCUT2D eigenvalue weighted by atomic mass is 9.90. The summed E-state index contributed by atoms with van der Waals surface area (Å²) in [5.74, 6) is 0.348. The van der Waals surface area contributed by atoms with Crippen molar-refractivity contribution in [1.82, 2.24) is 4.98 Å². The van der Waals surface area contributed by atoms with Gasteiger partial charge in [-0.05, 0) is 26.2 Å². The zero-order valence-electron chi connectivity index (χ0n) is 11.1. The summed E-state index contributed by atoms with van der Waals surface area (Å²) in [5.41, 5.74) is 1.01. The highest BCUT2D eigenvalue weighted by Crippen LogP contribution is 2.45. The Labute approximate surface area is 117 Å². The van der Waals surface area contributed by atoms with E-state index in [0.29, 0.717) is 37.6 Å². The molecule has 0 N–H and O–H groups in total. The number of thiazole rings is 1. The Morgan fingerprint density at radius 2 is 2.47 bits per heavy atom. The fourth-order valence-electron chi connectivity index (χ4n) is 2.97. The number of rotatable bonds is 5. The predicted octanol–water partition coefficient (Wildman–Crippen LogP) is 2.67. The number of fused-ring (bicyclic) bond motifs is 2. The fourth-order valence-corrected chi connectivity index (χ4v) is 3.99. The number of carbonyl (C=O) groups excluding carboxylic acids is 1. The molecule has 3 unspecified atom stereocenters. The van der Waals surface area contributed by atoms with Crippen molar-refractivity contribution in [3.05, 3.63) is 16.1 Å². The van der Waals surface area contributed by atoms with Gasteiger partial charge in [0, 0.05) is 17.7 Å². The highest BCUT2D eigenvalue weighted by atomic mass is 32.1. The van der Waals surface area contributed by atoms with Crippen molar-refractivity contribution >= 4 is 17.3 Å². The van der Waals surface area contributed by atoms with Crippen LogP contribution in [-0.4, -0.2) is 29.8 Å². The summed E-state index contributed by atoms with van der Waals surface area (Å²) in [6, 6.07) is 0. The minimum absolute atomic E-state index is 0.139. The van der Waals surface area contributed by atoms with Crippen LogP contribution in [0.15, 0.2) is 5.38 Å². The number of carbonyl (C=O) groups is 1. The summed E-state index contributed by atoms with van der Waals surface area (Å²) >= 11 is 1.71. The van der Waals surface area contributed by atoms with Crippen molar-refractivity contribution in [2.24, 2.45) is 0 Å². The summed E-state index contributed by atoms with van der Waals surface area (Å²) in [4.78, 5) is 16.0. The van der Waals surface area contributed by atoms with Crippen molar-refractivity contribution in [2.45, 2.75) is 57.2 Å². The second kappa shape index (κ2) is 5.59. The van der Waals surface area contributed by atoms with E-state index in [1.807, 2.05) is 6.92 Å². The van der Waals surface area contributed by atoms with E-state index in [4.69, 9.17) is 9.47 Å². The number of aryl methyl sites for hydroxylation is 1. The molecule has 5 heteroatoms. The van der Waals surface area contributed by atoms with Crippen LogP contribution in [-0.2, 0) is 20.7 Å². The average Bonchev–Trinajstić information content (AvgIpc) is 3.12. The Morgan fingerprint density at radius 1 is 1.58 bits per heavy atom. The highest BCUT2D eigenvalue weighted by Gasteiger charge is 2.42. The van der Waals surface area contributed by atoms with Gasteiger partial charge >= 0.3 is 5.97 Å². The van der Waals surface area contributed by atoms with Crippen LogP contribution in [0.2, 0.25) is 0 Å². The topological polar surface area (TPSA) is 48.4 Å². The molecule has 2 aliphatic rings. The monoisotopic (exact) mass is 281 g/mol. The van der Waals surface area contributed by atoms with Crippen LogP contribution in [0.5, 0.6) is 0 Å². The molecule has 3 rings (SSSR count). The fraction of sp³-hybridized carbons (Fsp3) is 0.714. The second-order valence-electron chi connectivity index (χ2n) is 5.20. The minimum atomic E-state index is -0.139. The van der Waals surface area contributed by atoms with Gasteiger partial charge in [-0.2, -0.15) is 0 Å². The molecule has 2 aliphatic heterocycles. The Bertz CT molecular complexity index is 459. The normalized spacial score (nSPS) is 28.8. The van der Waals surface area contributed by atoms with Gasteiger partial charge in [0.05, 0.1) is 35.9 Å². The van der Waals surface area contributed by atoms with E-state index < -0.39 is 0 Å². The summed E-state index contributed by atoms with van der Waals surface area (Å²) in [7, 11) is 0. The number of hydrogen-bond acceptors (Lipinski definition) is 5. The van der Waals surface area contributed by atoms with E-state index >= 15 is 0 Å². The van der Waals surface area contributed by atoms with Gasteiger partial charge in [0.1, 0.15) is 0 Å². The van der Waals surface area contributed by atoms with Gasteiger partial charge in [0.2, 0.25) is 0 Å². The lowest BCUT2D eigenvalue weighted by Gasteiger charge is -2.15. The third kappa shape index (κ3) is 2.82. The van der Waals surface area contributed by atoms with Crippen molar-refractivity contribution in [1.29, 1.82) is 0 Å². The van der Waals surface area contributed by atoms with E-state index in [2.05, 4.69) is 10.4 Å². The van der Waals surface area contributed by atoms with Gasteiger partial charge in [-0.3, -0.25) is 4.79 Å². The standard InChI is InChI=1S/C14H19NO3S/c1-2-17-13(16)6-3-9-8-19-14(15-9)11-7-10-4-5-12(11)18-10/h8,10-12H,2-7H2,1H3. The van der Waals surface area contributed by atoms with Crippen molar-refractivity contribution in [3.63, 3.8) is 0 Å². The molecule has 1 aromatic rings. The molecule has 0 amide bonds. The van der Waals surface area contributed by atoms with Crippen LogP contribution in [0.25, 0.3) is 0 Å². The molecule has 1 aromatic heterocycles. The lowest BCUT2D eigenvalue weighted by Crippen LogP contribution is -2.14. The molecule has 19 heavy (non-hydrogen) atoms. The maximum Gasteiger partial charge on any atom is 0.306 e. The molecule has 104 valence electrons. The lowest BCUT2D eigenvalue weighted by molar-refractivity contribution is -0.143. The maximum absolute atomic E-state index is 11.3. The van der Waals surface area contributed by atoms with Gasteiger partial charge in [0.25, 0.3) is 0 Å². The van der Waals surface area contributed by atoms with Gasteiger partial charge < -0.3 is 9.47 Å². The molecular weight excluding hydrogens is 262 g/mol. The smallest absolute Gasteiger partial charge is 0.306 e. The van der Waals surface area contributed by atoms with E-state index in [1.54, 1.807) is 11.3 Å². The van der Waals surface area contributed by atoms with Crippen LogP contribution < -0.4 is 0 Å². The first-order valence-corrected chi connectivity index (χ1v) is 7.89. The first kappa shape index (κ1) is 13.1. The van der Waals surface area contributed by atoms with Gasteiger partial charge in [-0.1, -0.05) is 0 Å². The van der Waals surface area contributed by atoms with Crippen molar-refractivity contribution in [3.8, 4) is 0 Å². The third-order valence-corrected chi connectivity index (χ3v) is 4.91. The molecule has 0 saturated carbocycles. The molecule has 3 atom stereocenters. The minimum Gasteiger partial charge on any atom is -0.466 e. The summed E-state index contributed by atoms with van der Waals surface area (Å²) in [5, 5.41) is 3.26. The molecule has 3 heterocycles. The van der Waals surface area contributed by atoms with Crippen LogP contribution in [0.4, 0.5) is 0 Å². The molecule has 2 bridgehead atoms. The molecule has 0 aromatic carbocycles. The predicted molar refractivity (Wildman–Crippen MR) is 72.3 cm³/mol. The zero-order chi connectivity index (χ0) is 13.2. The van der Waals surface area contributed by atoms with Crippen molar-refractivity contribution in [2.75, 3.05) is 6.61 Å². The van der Waals surface area contributed by atoms with Gasteiger partial charge in [0.15, 0.2) is 0 Å². The summed E-state index contributed by atoms with van der Waals surface area (Å²) in [6.07, 6.45) is 5.45. The molecule has 2 fully saturated rings. The Balaban J connectivity index is 1.56. The molecule has 2 saturated heterocycles. The maximum atomic E-state index is 11.3. The van der Waals surface area contributed by atoms with E-state index in [0.717, 1.165) is 12.1 Å². The largest absolute Gasteiger partial charge is 0.466 e. The highest BCUT2D eigenvalue weighted by molar-refractivity contribution is 7.09. The first-order valence-electron chi connectivity index (χ1n) is 7.01. The number of nitrogens with zero attached hydrogens (tertiary/aromatic N) is 1. The van der Waals surface area contributed by atoms with E-state index in [9.17, 15) is 4.79 Å². The van der Waals surface area contributed by atoms with Crippen LogP contribution in [0, 0.1) is 0 Å². The van der Waals surface area contributed by atoms with Crippen LogP contribution in [0.3, 0.4) is 0 Å². The zero-order valence-corrected chi connectivity index (χ0v) is 11.9. The molecule has 0 radical (unpaired) electrons. The number of hydrogen-bond donors (Lipinski definition) is 0. The third-order valence-electron chi connectivity index (χ3n) is 3.88. The molecule has 0 aliphatic carbocycles. The van der Waals surface area contributed by atoms with E-state index in [-0.39, 0.29) is 5.97 Å². The van der Waals surface area contributed by atoms with Gasteiger partial charge in [-0.15, -0.1) is 11.3 Å². The quantitative estimate of drug-likeness (QED) is 0.779. The number of ether oxygens (including phenoxy) is 2. The Kier molecular flexibility index (Phi) is 3.84. The summed E-state index contributed by atoms with van der Waals surface area (Å²) < 4.78 is 10.8. The van der Waals surface area contributed by atoms with Gasteiger partial charge in [-0.25, -0.2) is 4.98 Å². The van der Waals surface area contributed by atoms with E-state index in [1.165, 1.54) is 17.8 Å².